The number of hydrogen-bond donors (Lipinski definition) is 1. The minimum absolute atomic E-state index is 0.779. The van der Waals surface area contributed by atoms with Crippen molar-refractivity contribution in [2.24, 2.45) is 0 Å². The van der Waals surface area contributed by atoms with Crippen molar-refractivity contribution in [3.05, 3.63) is 40.9 Å². The SMILES string of the molecule is O=C(O)OSc1ccc(Br)c2ccccc12. The van der Waals surface area contributed by atoms with E-state index in [1.54, 1.807) is 0 Å². The Balaban J connectivity index is 2.46. The molecule has 16 heavy (non-hydrogen) atoms. The Morgan fingerprint density at radius 3 is 2.56 bits per heavy atom. The van der Waals surface area contributed by atoms with Gasteiger partial charge in [0.1, 0.15) is 12.0 Å². The molecule has 3 nitrogen and oxygen atoms in total. The molecular formula is C11H7BrO3S. The van der Waals surface area contributed by atoms with E-state index in [4.69, 9.17) is 5.11 Å². The van der Waals surface area contributed by atoms with E-state index < -0.39 is 6.16 Å². The van der Waals surface area contributed by atoms with E-state index in [0.29, 0.717) is 0 Å². The lowest BCUT2D eigenvalue weighted by Crippen LogP contribution is -1.91. The summed E-state index contributed by atoms with van der Waals surface area (Å²) in [5, 5.41) is 10.4. The summed E-state index contributed by atoms with van der Waals surface area (Å²) in [6, 6.07) is 11.4. The number of carbonyl (C=O) groups is 1. The third-order valence-corrected chi connectivity index (χ3v) is 3.49. The molecule has 0 saturated heterocycles. The van der Waals surface area contributed by atoms with Crippen molar-refractivity contribution in [1.29, 1.82) is 0 Å². The van der Waals surface area contributed by atoms with Gasteiger partial charge in [-0.15, -0.1) is 0 Å². The lowest BCUT2D eigenvalue weighted by atomic mass is 10.1. The monoisotopic (exact) mass is 298 g/mol. The summed E-state index contributed by atoms with van der Waals surface area (Å²) in [6.07, 6.45) is -1.29. The maximum atomic E-state index is 10.3. The number of rotatable bonds is 2. The highest BCUT2D eigenvalue weighted by Gasteiger charge is 2.07. The lowest BCUT2D eigenvalue weighted by Gasteiger charge is -2.05. The van der Waals surface area contributed by atoms with Crippen molar-refractivity contribution in [1.82, 2.24) is 0 Å². The Morgan fingerprint density at radius 2 is 1.88 bits per heavy atom. The van der Waals surface area contributed by atoms with E-state index >= 15 is 0 Å². The first-order chi connectivity index (χ1) is 7.68. The molecule has 0 aliphatic carbocycles. The summed E-state index contributed by atoms with van der Waals surface area (Å²) in [5.74, 6) is 0. The zero-order valence-corrected chi connectivity index (χ0v) is 10.4. The van der Waals surface area contributed by atoms with Crippen molar-refractivity contribution in [2.45, 2.75) is 4.90 Å². The summed E-state index contributed by atoms with van der Waals surface area (Å²) >= 11 is 4.29. The van der Waals surface area contributed by atoms with Gasteiger partial charge in [-0.2, -0.15) is 0 Å². The molecule has 0 aliphatic heterocycles. The second-order valence-electron chi connectivity index (χ2n) is 3.02. The molecule has 0 spiro atoms. The Bertz CT molecular complexity index is 542. The molecule has 2 aromatic rings. The normalized spacial score (nSPS) is 10.3. The van der Waals surface area contributed by atoms with Crippen LogP contribution in [0, 0.1) is 0 Å². The van der Waals surface area contributed by atoms with Gasteiger partial charge >= 0.3 is 6.16 Å². The molecule has 2 aromatic carbocycles. The highest BCUT2D eigenvalue weighted by molar-refractivity contribution is 9.10. The second-order valence-corrected chi connectivity index (χ2v) is 4.65. The summed E-state index contributed by atoms with van der Waals surface area (Å²) in [4.78, 5) is 11.1. The topological polar surface area (TPSA) is 46.5 Å². The number of fused-ring (bicyclic) bond motifs is 1. The van der Waals surface area contributed by atoms with Crippen molar-refractivity contribution in [2.75, 3.05) is 0 Å². The van der Waals surface area contributed by atoms with Gasteiger partial charge in [0.25, 0.3) is 0 Å². The molecule has 0 saturated carbocycles. The van der Waals surface area contributed by atoms with Crippen LogP contribution in [0.15, 0.2) is 45.8 Å². The van der Waals surface area contributed by atoms with E-state index in [-0.39, 0.29) is 0 Å². The fraction of sp³-hybridized carbons (Fsp3) is 0. The summed E-state index contributed by atoms with van der Waals surface area (Å²) < 4.78 is 5.47. The van der Waals surface area contributed by atoms with Crippen LogP contribution in [0.4, 0.5) is 4.79 Å². The fourth-order valence-electron chi connectivity index (χ4n) is 1.39. The zero-order chi connectivity index (χ0) is 11.5. The average Bonchev–Trinajstić information content (AvgIpc) is 2.28. The molecule has 0 aromatic heterocycles. The predicted octanol–water partition coefficient (Wildman–Crippen LogP) is 4.30. The van der Waals surface area contributed by atoms with Crippen LogP contribution in [0.1, 0.15) is 0 Å². The van der Waals surface area contributed by atoms with E-state index in [9.17, 15) is 4.79 Å². The van der Waals surface area contributed by atoms with Gasteiger partial charge in [-0.3, -0.25) is 0 Å². The van der Waals surface area contributed by atoms with Gasteiger partial charge in [-0.25, -0.2) is 4.79 Å². The predicted molar refractivity (Wildman–Crippen MR) is 66.6 cm³/mol. The summed E-state index contributed by atoms with van der Waals surface area (Å²) in [7, 11) is 0. The van der Waals surface area contributed by atoms with Crippen LogP contribution in [0.3, 0.4) is 0 Å². The third kappa shape index (κ3) is 2.31. The van der Waals surface area contributed by atoms with Crippen LogP contribution in [-0.2, 0) is 4.18 Å². The molecule has 82 valence electrons. The molecule has 0 radical (unpaired) electrons. The standard InChI is InChI=1S/C11H7BrO3S/c12-9-5-6-10(16-15-11(13)14)8-4-2-1-3-7(8)9/h1-6H,(H,13,14). The first kappa shape index (κ1) is 11.3. The van der Waals surface area contributed by atoms with Gasteiger partial charge in [0.15, 0.2) is 0 Å². The van der Waals surface area contributed by atoms with Crippen LogP contribution >= 0.6 is 28.0 Å². The first-order valence-electron chi connectivity index (χ1n) is 4.43. The Hall–Kier alpha value is -1.20. The number of hydrogen-bond acceptors (Lipinski definition) is 3. The molecule has 0 aliphatic rings. The molecule has 0 unspecified atom stereocenters. The van der Waals surface area contributed by atoms with E-state index in [0.717, 1.165) is 32.2 Å². The molecule has 0 bridgehead atoms. The van der Waals surface area contributed by atoms with Crippen molar-refractivity contribution >= 4 is 44.9 Å². The molecule has 0 atom stereocenters. The Labute approximate surface area is 105 Å². The van der Waals surface area contributed by atoms with Gasteiger partial charge in [0.05, 0.1) is 4.90 Å². The quantitative estimate of drug-likeness (QED) is 0.840. The van der Waals surface area contributed by atoms with E-state index in [1.165, 1.54) is 0 Å². The lowest BCUT2D eigenvalue weighted by molar-refractivity contribution is 0.153. The van der Waals surface area contributed by atoms with Gasteiger partial charge in [0.2, 0.25) is 0 Å². The smallest absolute Gasteiger partial charge is 0.449 e. The number of halogens is 1. The van der Waals surface area contributed by atoms with Crippen LogP contribution in [0.5, 0.6) is 0 Å². The first-order valence-corrected chi connectivity index (χ1v) is 5.96. The van der Waals surface area contributed by atoms with Gasteiger partial charge in [-0.05, 0) is 22.9 Å². The molecular weight excluding hydrogens is 292 g/mol. The van der Waals surface area contributed by atoms with Crippen LogP contribution in [-0.4, -0.2) is 11.3 Å². The minimum Gasteiger partial charge on any atom is -0.449 e. The fourth-order valence-corrected chi connectivity index (χ4v) is 2.42. The van der Waals surface area contributed by atoms with E-state index in [1.807, 2.05) is 36.4 Å². The Morgan fingerprint density at radius 1 is 1.19 bits per heavy atom. The third-order valence-electron chi connectivity index (χ3n) is 2.03. The average molecular weight is 299 g/mol. The maximum absolute atomic E-state index is 10.3. The van der Waals surface area contributed by atoms with Crippen LogP contribution < -0.4 is 0 Å². The summed E-state index contributed by atoms with van der Waals surface area (Å²) in [6.45, 7) is 0. The van der Waals surface area contributed by atoms with Crippen LogP contribution in [0.25, 0.3) is 10.8 Å². The van der Waals surface area contributed by atoms with Crippen molar-refractivity contribution in [3.8, 4) is 0 Å². The van der Waals surface area contributed by atoms with E-state index in [2.05, 4.69) is 20.1 Å². The highest BCUT2D eigenvalue weighted by Crippen LogP contribution is 2.32. The zero-order valence-electron chi connectivity index (χ0n) is 8.01. The van der Waals surface area contributed by atoms with Gasteiger partial charge < -0.3 is 9.29 Å². The van der Waals surface area contributed by atoms with Crippen LogP contribution in [0.2, 0.25) is 0 Å². The number of carboxylic acid groups (broad SMARTS) is 1. The van der Waals surface area contributed by atoms with Crippen molar-refractivity contribution in [3.63, 3.8) is 0 Å². The highest BCUT2D eigenvalue weighted by atomic mass is 79.9. The van der Waals surface area contributed by atoms with Crippen molar-refractivity contribution < 1.29 is 14.1 Å². The maximum Gasteiger partial charge on any atom is 0.518 e. The molecule has 0 fully saturated rings. The molecule has 0 heterocycles. The summed E-state index contributed by atoms with van der Waals surface area (Å²) in [5.41, 5.74) is 0. The molecule has 1 N–H and O–H groups in total. The Kier molecular flexibility index (Phi) is 3.36. The second kappa shape index (κ2) is 4.76. The molecule has 2 rings (SSSR count). The largest absolute Gasteiger partial charge is 0.518 e. The minimum atomic E-state index is -1.29. The van der Waals surface area contributed by atoms with Gasteiger partial charge in [0, 0.05) is 4.47 Å². The molecule has 5 heteroatoms. The number of benzene rings is 2. The van der Waals surface area contributed by atoms with Gasteiger partial charge in [-0.1, -0.05) is 40.2 Å². The molecule has 0 amide bonds.